The summed E-state index contributed by atoms with van der Waals surface area (Å²) in [6, 6.07) is 14.1. The summed E-state index contributed by atoms with van der Waals surface area (Å²) in [5, 5.41) is 2.97. The van der Waals surface area contributed by atoms with E-state index in [1.807, 2.05) is 18.2 Å². The molecule has 1 heterocycles. The largest absolute Gasteiger partial charge is 0.497 e. The molecule has 0 spiro atoms. The number of alkyl halides is 2. The zero-order valence-electron chi connectivity index (χ0n) is 16.9. The SMILES string of the molecule is COc1cccc(C(CNC(=O)/C=C/c2ccc(OC(F)F)cc2)N2CCCC2)c1. The molecule has 1 saturated heterocycles. The van der Waals surface area contributed by atoms with Crippen molar-refractivity contribution in [2.75, 3.05) is 26.7 Å². The molecule has 0 bridgehead atoms. The Morgan fingerprint density at radius 1 is 1.13 bits per heavy atom. The second kappa shape index (κ2) is 10.7. The van der Waals surface area contributed by atoms with Gasteiger partial charge in [0.1, 0.15) is 11.5 Å². The van der Waals surface area contributed by atoms with Crippen LogP contribution in [0.5, 0.6) is 11.5 Å². The molecule has 2 aromatic rings. The zero-order chi connectivity index (χ0) is 21.3. The van der Waals surface area contributed by atoms with Crippen LogP contribution in [-0.4, -0.2) is 44.2 Å². The molecule has 1 atom stereocenters. The number of benzene rings is 2. The maximum absolute atomic E-state index is 12.3. The molecule has 0 aliphatic carbocycles. The molecule has 0 radical (unpaired) electrons. The normalized spacial score (nSPS) is 15.5. The lowest BCUT2D eigenvalue weighted by Crippen LogP contribution is -2.36. The highest BCUT2D eigenvalue weighted by molar-refractivity contribution is 5.91. The second-order valence-electron chi connectivity index (χ2n) is 7.06. The van der Waals surface area contributed by atoms with Crippen LogP contribution in [0.1, 0.15) is 30.0 Å². The molecule has 7 heteroatoms. The van der Waals surface area contributed by atoms with Crippen molar-refractivity contribution in [1.29, 1.82) is 0 Å². The van der Waals surface area contributed by atoms with E-state index < -0.39 is 6.61 Å². The molecule has 1 N–H and O–H groups in total. The summed E-state index contributed by atoms with van der Waals surface area (Å²) in [4.78, 5) is 14.7. The Balaban J connectivity index is 1.60. The van der Waals surface area contributed by atoms with Gasteiger partial charge in [0.05, 0.1) is 13.2 Å². The molecule has 2 aromatic carbocycles. The molecule has 3 rings (SSSR count). The molecule has 1 aliphatic heterocycles. The van der Waals surface area contributed by atoms with Crippen LogP contribution >= 0.6 is 0 Å². The van der Waals surface area contributed by atoms with Crippen LogP contribution in [-0.2, 0) is 4.79 Å². The summed E-state index contributed by atoms with van der Waals surface area (Å²) in [6.45, 7) is -0.371. The molecule has 160 valence electrons. The minimum absolute atomic E-state index is 0.0747. The van der Waals surface area contributed by atoms with Crippen LogP contribution in [0.4, 0.5) is 8.78 Å². The topological polar surface area (TPSA) is 50.8 Å². The highest BCUT2D eigenvalue weighted by atomic mass is 19.3. The summed E-state index contributed by atoms with van der Waals surface area (Å²) in [5.74, 6) is 0.663. The van der Waals surface area contributed by atoms with Gasteiger partial charge in [-0.15, -0.1) is 0 Å². The Kier molecular flexibility index (Phi) is 7.79. The maximum atomic E-state index is 12.3. The third-order valence-corrected chi connectivity index (χ3v) is 5.06. The number of likely N-dealkylation sites (tertiary alicyclic amines) is 1. The van der Waals surface area contributed by atoms with Crippen LogP contribution < -0.4 is 14.8 Å². The monoisotopic (exact) mass is 416 g/mol. The van der Waals surface area contributed by atoms with Gasteiger partial charge in [0.2, 0.25) is 5.91 Å². The third-order valence-electron chi connectivity index (χ3n) is 5.06. The highest BCUT2D eigenvalue weighted by Gasteiger charge is 2.24. The van der Waals surface area contributed by atoms with Gasteiger partial charge in [-0.2, -0.15) is 8.78 Å². The molecule has 1 unspecified atom stereocenters. The number of methoxy groups -OCH3 is 1. The first-order chi connectivity index (χ1) is 14.5. The number of hydrogen-bond acceptors (Lipinski definition) is 4. The minimum Gasteiger partial charge on any atom is -0.497 e. The number of ether oxygens (including phenoxy) is 2. The molecule has 5 nitrogen and oxygen atoms in total. The standard InChI is InChI=1S/C23H26F2N2O3/c1-29-20-6-4-5-18(15-20)21(27-13-2-3-14-27)16-26-22(28)12-9-17-7-10-19(11-8-17)30-23(24)25/h4-12,15,21,23H,2-3,13-14,16H2,1H3,(H,26,28)/b12-9+. The van der Waals surface area contributed by atoms with E-state index in [-0.39, 0.29) is 17.7 Å². The molecule has 0 aromatic heterocycles. The van der Waals surface area contributed by atoms with Crippen molar-refractivity contribution in [3.05, 3.63) is 65.7 Å². The molecular formula is C23H26F2N2O3. The van der Waals surface area contributed by atoms with Crippen LogP contribution in [0.2, 0.25) is 0 Å². The van der Waals surface area contributed by atoms with Crippen molar-refractivity contribution in [2.45, 2.75) is 25.5 Å². The zero-order valence-corrected chi connectivity index (χ0v) is 16.9. The number of carbonyl (C=O) groups excluding carboxylic acids is 1. The van der Waals surface area contributed by atoms with Crippen LogP contribution in [0, 0.1) is 0 Å². The molecule has 1 aliphatic rings. The Bertz CT molecular complexity index is 850. The summed E-state index contributed by atoms with van der Waals surface area (Å²) in [5.41, 5.74) is 1.82. The lowest BCUT2D eigenvalue weighted by molar-refractivity contribution is -0.116. The van der Waals surface area contributed by atoms with E-state index in [0.29, 0.717) is 6.54 Å². The molecule has 30 heavy (non-hydrogen) atoms. The summed E-state index contributed by atoms with van der Waals surface area (Å²) in [6.07, 6.45) is 5.38. The van der Waals surface area contributed by atoms with Gasteiger partial charge in [-0.3, -0.25) is 9.69 Å². The summed E-state index contributed by atoms with van der Waals surface area (Å²) < 4.78 is 34.1. The number of rotatable bonds is 9. The number of carbonyl (C=O) groups is 1. The van der Waals surface area contributed by atoms with Crippen LogP contribution in [0.3, 0.4) is 0 Å². The van der Waals surface area contributed by atoms with E-state index in [4.69, 9.17) is 4.74 Å². The first kappa shape index (κ1) is 21.8. The number of halogens is 2. The predicted octanol–water partition coefficient (Wildman–Crippen LogP) is 4.26. The van der Waals surface area contributed by atoms with Gasteiger partial charge < -0.3 is 14.8 Å². The Labute approximate surface area is 175 Å². The fraction of sp³-hybridized carbons (Fsp3) is 0.348. The maximum Gasteiger partial charge on any atom is 0.387 e. The van der Waals surface area contributed by atoms with Gasteiger partial charge in [-0.1, -0.05) is 24.3 Å². The van der Waals surface area contributed by atoms with Crippen molar-refractivity contribution >= 4 is 12.0 Å². The van der Waals surface area contributed by atoms with Crippen molar-refractivity contribution < 1.29 is 23.0 Å². The highest BCUT2D eigenvalue weighted by Crippen LogP contribution is 2.27. The fourth-order valence-corrected chi connectivity index (χ4v) is 3.55. The summed E-state index contributed by atoms with van der Waals surface area (Å²) in [7, 11) is 1.64. The Morgan fingerprint density at radius 3 is 2.53 bits per heavy atom. The Morgan fingerprint density at radius 2 is 1.87 bits per heavy atom. The van der Waals surface area contributed by atoms with Gasteiger partial charge >= 0.3 is 6.61 Å². The van der Waals surface area contributed by atoms with Crippen molar-refractivity contribution in [1.82, 2.24) is 10.2 Å². The number of hydrogen-bond donors (Lipinski definition) is 1. The number of nitrogens with one attached hydrogen (secondary N) is 1. The van der Waals surface area contributed by atoms with Gasteiger partial charge in [0, 0.05) is 12.6 Å². The van der Waals surface area contributed by atoms with E-state index in [1.54, 1.807) is 25.3 Å². The van der Waals surface area contributed by atoms with Crippen molar-refractivity contribution in [3.63, 3.8) is 0 Å². The molecule has 0 saturated carbocycles. The van der Waals surface area contributed by atoms with Crippen LogP contribution in [0.25, 0.3) is 6.08 Å². The van der Waals surface area contributed by atoms with Crippen molar-refractivity contribution in [3.8, 4) is 11.5 Å². The quantitative estimate of drug-likeness (QED) is 0.621. The van der Waals surface area contributed by atoms with Gasteiger partial charge in [0.15, 0.2) is 0 Å². The number of amides is 1. The number of nitrogens with zero attached hydrogens (tertiary/aromatic N) is 1. The van der Waals surface area contributed by atoms with E-state index >= 15 is 0 Å². The molecular weight excluding hydrogens is 390 g/mol. The van der Waals surface area contributed by atoms with Crippen LogP contribution in [0.15, 0.2) is 54.6 Å². The Hall–Kier alpha value is -2.93. The smallest absolute Gasteiger partial charge is 0.387 e. The molecule has 1 amide bonds. The lowest BCUT2D eigenvalue weighted by Gasteiger charge is -2.28. The van der Waals surface area contributed by atoms with E-state index in [1.165, 1.54) is 18.2 Å². The molecule has 1 fully saturated rings. The lowest BCUT2D eigenvalue weighted by atomic mass is 10.0. The van der Waals surface area contributed by atoms with E-state index in [2.05, 4.69) is 21.0 Å². The first-order valence-electron chi connectivity index (χ1n) is 9.94. The minimum atomic E-state index is -2.86. The average molecular weight is 416 g/mol. The van der Waals surface area contributed by atoms with E-state index in [0.717, 1.165) is 42.8 Å². The second-order valence-corrected chi connectivity index (χ2v) is 7.06. The first-order valence-corrected chi connectivity index (χ1v) is 9.94. The van der Waals surface area contributed by atoms with Gasteiger partial charge in [-0.05, 0) is 67.4 Å². The van der Waals surface area contributed by atoms with Crippen molar-refractivity contribution in [2.24, 2.45) is 0 Å². The predicted molar refractivity (Wildman–Crippen MR) is 112 cm³/mol. The summed E-state index contributed by atoms with van der Waals surface area (Å²) >= 11 is 0. The average Bonchev–Trinajstić information content (AvgIpc) is 3.28. The van der Waals surface area contributed by atoms with E-state index in [9.17, 15) is 13.6 Å². The van der Waals surface area contributed by atoms with Gasteiger partial charge in [-0.25, -0.2) is 0 Å². The third kappa shape index (κ3) is 6.29. The fourth-order valence-electron chi connectivity index (χ4n) is 3.55. The van der Waals surface area contributed by atoms with Gasteiger partial charge in [0.25, 0.3) is 0 Å².